The van der Waals surface area contributed by atoms with Gasteiger partial charge in [-0.25, -0.2) is 0 Å². The van der Waals surface area contributed by atoms with Crippen molar-refractivity contribution in [1.82, 2.24) is 0 Å². The SMILES string of the molecule is COc1ccc(N2C[C@@H](C(=O)OCC(=O)Nc3ccc(C)c(C)c3)CC2=O)c(OC)c1. The fraction of sp³-hybridized carbons (Fsp3) is 0.348. The first-order valence-electron chi connectivity index (χ1n) is 9.88. The van der Waals surface area contributed by atoms with Crippen molar-refractivity contribution in [3.8, 4) is 11.5 Å². The van der Waals surface area contributed by atoms with E-state index in [0.717, 1.165) is 11.1 Å². The van der Waals surface area contributed by atoms with Crippen molar-refractivity contribution in [2.24, 2.45) is 5.92 Å². The van der Waals surface area contributed by atoms with Crippen LogP contribution in [0.1, 0.15) is 17.5 Å². The molecule has 8 heteroatoms. The van der Waals surface area contributed by atoms with E-state index in [9.17, 15) is 14.4 Å². The first-order chi connectivity index (χ1) is 14.8. The number of anilines is 2. The number of hydrogen-bond acceptors (Lipinski definition) is 6. The average Bonchev–Trinajstić information content (AvgIpc) is 3.15. The molecule has 2 amide bonds. The summed E-state index contributed by atoms with van der Waals surface area (Å²) in [5.74, 6) is -0.834. The molecule has 3 rings (SSSR count). The predicted molar refractivity (Wildman–Crippen MR) is 116 cm³/mol. The molecule has 1 N–H and O–H groups in total. The van der Waals surface area contributed by atoms with Crippen LogP contribution in [0.15, 0.2) is 36.4 Å². The van der Waals surface area contributed by atoms with Gasteiger partial charge < -0.3 is 24.4 Å². The van der Waals surface area contributed by atoms with Crippen molar-refractivity contribution in [3.05, 3.63) is 47.5 Å². The minimum atomic E-state index is -0.659. The van der Waals surface area contributed by atoms with Gasteiger partial charge in [-0.15, -0.1) is 0 Å². The maximum atomic E-state index is 12.5. The third-order valence-electron chi connectivity index (χ3n) is 5.27. The summed E-state index contributed by atoms with van der Waals surface area (Å²) >= 11 is 0. The van der Waals surface area contributed by atoms with E-state index in [1.54, 1.807) is 24.3 Å². The van der Waals surface area contributed by atoms with Gasteiger partial charge in [-0.05, 0) is 49.2 Å². The third kappa shape index (κ3) is 5.14. The van der Waals surface area contributed by atoms with Crippen molar-refractivity contribution in [3.63, 3.8) is 0 Å². The van der Waals surface area contributed by atoms with Crippen molar-refractivity contribution in [2.75, 3.05) is 37.6 Å². The largest absolute Gasteiger partial charge is 0.497 e. The van der Waals surface area contributed by atoms with Gasteiger partial charge >= 0.3 is 5.97 Å². The highest BCUT2D eigenvalue weighted by molar-refractivity contribution is 6.01. The van der Waals surface area contributed by atoms with Crippen LogP contribution in [-0.2, 0) is 19.1 Å². The van der Waals surface area contributed by atoms with Crippen LogP contribution in [0.3, 0.4) is 0 Å². The molecular formula is C23H26N2O6. The van der Waals surface area contributed by atoms with Crippen molar-refractivity contribution in [1.29, 1.82) is 0 Å². The number of nitrogens with one attached hydrogen (secondary N) is 1. The number of rotatable bonds is 7. The van der Waals surface area contributed by atoms with Crippen LogP contribution in [0.4, 0.5) is 11.4 Å². The second-order valence-electron chi connectivity index (χ2n) is 7.40. The lowest BCUT2D eigenvalue weighted by Gasteiger charge is -2.20. The van der Waals surface area contributed by atoms with Gasteiger partial charge in [-0.1, -0.05) is 6.07 Å². The van der Waals surface area contributed by atoms with Crippen LogP contribution in [0.5, 0.6) is 11.5 Å². The molecule has 0 bridgehead atoms. The van der Waals surface area contributed by atoms with Gasteiger partial charge in [0.05, 0.1) is 25.8 Å². The molecule has 2 aromatic carbocycles. The fourth-order valence-electron chi connectivity index (χ4n) is 3.38. The lowest BCUT2D eigenvalue weighted by Crippen LogP contribution is -2.28. The Labute approximate surface area is 181 Å². The molecule has 0 unspecified atom stereocenters. The zero-order chi connectivity index (χ0) is 22.5. The Balaban J connectivity index is 1.58. The molecule has 1 saturated heterocycles. The Morgan fingerprint density at radius 2 is 1.84 bits per heavy atom. The highest BCUT2D eigenvalue weighted by atomic mass is 16.5. The standard InChI is InChI=1S/C23H26N2O6/c1-14-5-6-17(9-15(14)2)24-21(26)13-31-23(28)16-10-22(27)25(12-16)19-8-7-18(29-3)11-20(19)30-4/h5-9,11,16H,10,12-13H2,1-4H3,(H,24,26)/t16-/m0/s1. The average molecular weight is 426 g/mol. The molecule has 0 spiro atoms. The van der Waals surface area contributed by atoms with Gasteiger partial charge in [-0.2, -0.15) is 0 Å². The van der Waals surface area contributed by atoms with E-state index in [0.29, 0.717) is 22.9 Å². The molecule has 1 heterocycles. The molecule has 0 radical (unpaired) electrons. The minimum Gasteiger partial charge on any atom is -0.497 e. The molecule has 0 aromatic heterocycles. The summed E-state index contributed by atoms with van der Waals surface area (Å²) in [6, 6.07) is 10.6. The number of nitrogens with zero attached hydrogens (tertiary/aromatic N) is 1. The monoisotopic (exact) mass is 426 g/mol. The number of aryl methyl sites for hydroxylation is 2. The number of carbonyl (C=O) groups excluding carboxylic acids is 3. The molecule has 0 saturated carbocycles. The van der Waals surface area contributed by atoms with Crippen LogP contribution in [0, 0.1) is 19.8 Å². The van der Waals surface area contributed by atoms with E-state index in [4.69, 9.17) is 14.2 Å². The summed E-state index contributed by atoms with van der Waals surface area (Å²) in [5, 5.41) is 2.70. The normalized spacial score (nSPS) is 15.5. The Bertz CT molecular complexity index is 1000. The zero-order valence-electron chi connectivity index (χ0n) is 18.1. The number of hydrogen-bond donors (Lipinski definition) is 1. The predicted octanol–water partition coefficient (Wildman–Crippen LogP) is 2.86. The fourth-order valence-corrected chi connectivity index (χ4v) is 3.38. The van der Waals surface area contributed by atoms with E-state index in [2.05, 4.69) is 5.32 Å². The summed E-state index contributed by atoms with van der Waals surface area (Å²) in [6.07, 6.45) is 0.00674. The van der Waals surface area contributed by atoms with Crippen LogP contribution in [0.2, 0.25) is 0 Å². The van der Waals surface area contributed by atoms with Gasteiger partial charge in [0.2, 0.25) is 5.91 Å². The zero-order valence-corrected chi connectivity index (χ0v) is 18.1. The van der Waals surface area contributed by atoms with Crippen molar-refractivity contribution in [2.45, 2.75) is 20.3 Å². The number of esters is 1. The molecule has 1 aliphatic heterocycles. The summed E-state index contributed by atoms with van der Waals surface area (Å²) in [6.45, 7) is 3.67. The molecule has 1 aliphatic rings. The van der Waals surface area contributed by atoms with E-state index in [-0.39, 0.29) is 18.9 Å². The number of methoxy groups -OCH3 is 2. The van der Waals surface area contributed by atoms with Gasteiger partial charge in [-0.3, -0.25) is 14.4 Å². The topological polar surface area (TPSA) is 94.2 Å². The Hall–Kier alpha value is -3.55. The summed E-state index contributed by atoms with van der Waals surface area (Å²) in [4.78, 5) is 38.6. The molecule has 8 nitrogen and oxygen atoms in total. The first kappa shape index (κ1) is 22.1. The second kappa shape index (κ2) is 9.51. The van der Waals surface area contributed by atoms with Crippen LogP contribution < -0.4 is 19.7 Å². The minimum absolute atomic E-state index is 0.00674. The highest BCUT2D eigenvalue weighted by Crippen LogP contribution is 2.36. The quantitative estimate of drug-likeness (QED) is 0.685. The van der Waals surface area contributed by atoms with Crippen LogP contribution >= 0.6 is 0 Å². The molecule has 2 aromatic rings. The molecule has 31 heavy (non-hydrogen) atoms. The number of benzene rings is 2. The number of amides is 2. The smallest absolute Gasteiger partial charge is 0.311 e. The first-order valence-corrected chi connectivity index (χ1v) is 9.88. The second-order valence-corrected chi connectivity index (χ2v) is 7.40. The lowest BCUT2D eigenvalue weighted by molar-refractivity contribution is -0.151. The maximum absolute atomic E-state index is 12.5. The van der Waals surface area contributed by atoms with E-state index >= 15 is 0 Å². The molecule has 0 aliphatic carbocycles. The highest BCUT2D eigenvalue weighted by Gasteiger charge is 2.37. The molecule has 1 atom stereocenters. The summed E-state index contributed by atoms with van der Waals surface area (Å²) < 4.78 is 15.7. The van der Waals surface area contributed by atoms with Crippen LogP contribution in [0.25, 0.3) is 0 Å². The molecular weight excluding hydrogens is 400 g/mol. The van der Waals surface area contributed by atoms with E-state index < -0.39 is 24.4 Å². The summed E-state index contributed by atoms with van der Waals surface area (Å²) in [5.41, 5.74) is 3.36. The van der Waals surface area contributed by atoms with E-state index in [1.807, 2.05) is 26.0 Å². The molecule has 1 fully saturated rings. The Morgan fingerprint density at radius 1 is 1.06 bits per heavy atom. The van der Waals surface area contributed by atoms with E-state index in [1.165, 1.54) is 19.1 Å². The van der Waals surface area contributed by atoms with Gasteiger partial charge in [0.1, 0.15) is 11.5 Å². The van der Waals surface area contributed by atoms with Crippen molar-refractivity contribution < 1.29 is 28.6 Å². The van der Waals surface area contributed by atoms with Gasteiger partial charge in [0.25, 0.3) is 5.91 Å². The van der Waals surface area contributed by atoms with Crippen molar-refractivity contribution >= 4 is 29.2 Å². The third-order valence-corrected chi connectivity index (χ3v) is 5.27. The summed E-state index contributed by atoms with van der Waals surface area (Å²) in [7, 11) is 3.04. The molecule has 164 valence electrons. The van der Waals surface area contributed by atoms with Crippen LogP contribution in [-0.4, -0.2) is 45.2 Å². The Morgan fingerprint density at radius 3 is 2.52 bits per heavy atom. The maximum Gasteiger partial charge on any atom is 0.311 e. The Kier molecular flexibility index (Phi) is 6.79. The lowest BCUT2D eigenvalue weighted by atomic mass is 10.1. The van der Waals surface area contributed by atoms with Gasteiger partial charge in [0, 0.05) is 24.7 Å². The van der Waals surface area contributed by atoms with Gasteiger partial charge in [0.15, 0.2) is 6.61 Å². The number of ether oxygens (including phenoxy) is 3. The number of carbonyl (C=O) groups is 3.